The van der Waals surface area contributed by atoms with Crippen LogP contribution < -0.4 is 15.4 Å². The minimum Gasteiger partial charge on any atom is -0.484 e. The number of amides is 1. The van der Waals surface area contributed by atoms with Crippen LogP contribution in [0.4, 0.5) is 5.69 Å². The van der Waals surface area contributed by atoms with Gasteiger partial charge in [0, 0.05) is 11.3 Å². The van der Waals surface area contributed by atoms with Crippen LogP contribution in [0.1, 0.15) is 37.3 Å². The first kappa shape index (κ1) is 23.4. The first-order valence-corrected chi connectivity index (χ1v) is 11.6. The van der Waals surface area contributed by atoms with E-state index in [2.05, 4.69) is 41.6 Å². The summed E-state index contributed by atoms with van der Waals surface area (Å²) in [6, 6.07) is 21.2. The van der Waals surface area contributed by atoms with E-state index in [0.717, 1.165) is 34.3 Å². The third-order valence-electron chi connectivity index (χ3n) is 5.60. The molecule has 4 rings (SSSR count). The standard InChI is InChI=1S/C27H27N3O3S/c1-4-18(3)20-10-13-24-23(15-20)29-26(33-24)19-8-11-21(12-9-19)28-27(34)30-25(31)16-32-22-7-5-6-17(2)14-22/h5-15,18H,4,16H2,1-3H3,(H2,28,30,31,34). The lowest BCUT2D eigenvalue weighted by Gasteiger charge is -2.11. The van der Waals surface area contributed by atoms with Gasteiger partial charge in [-0.25, -0.2) is 4.98 Å². The van der Waals surface area contributed by atoms with Crippen LogP contribution in [-0.4, -0.2) is 22.6 Å². The van der Waals surface area contributed by atoms with Crippen molar-refractivity contribution in [2.75, 3.05) is 11.9 Å². The molecule has 0 saturated carbocycles. The van der Waals surface area contributed by atoms with Crippen LogP contribution in [0.2, 0.25) is 0 Å². The number of oxazole rings is 1. The highest BCUT2D eigenvalue weighted by atomic mass is 32.1. The number of ether oxygens (including phenoxy) is 1. The fraction of sp³-hybridized carbons (Fsp3) is 0.222. The van der Waals surface area contributed by atoms with Crippen molar-refractivity contribution in [3.63, 3.8) is 0 Å². The van der Waals surface area contributed by atoms with Crippen molar-refractivity contribution in [1.29, 1.82) is 0 Å². The molecular weight excluding hydrogens is 446 g/mol. The van der Waals surface area contributed by atoms with Gasteiger partial charge in [0.15, 0.2) is 17.3 Å². The van der Waals surface area contributed by atoms with Gasteiger partial charge in [-0.2, -0.15) is 0 Å². The van der Waals surface area contributed by atoms with Gasteiger partial charge in [-0.3, -0.25) is 10.1 Å². The third kappa shape index (κ3) is 5.80. The Morgan fingerprint density at radius 3 is 2.65 bits per heavy atom. The van der Waals surface area contributed by atoms with Crippen LogP contribution in [0.25, 0.3) is 22.6 Å². The fourth-order valence-corrected chi connectivity index (χ4v) is 3.72. The van der Waals surface area contributed by atoms with Gasteiger partial charge in [0.1, 0.15) is 11.3 Å². The van der Waals surface area contributed by atoms with Gasteiger partial charge < -0.3 is 14.5 Å². The van der Waals surface area contributed by atoms with Crippen molar-refractivity contribution < 1.29 is 13.9 Å². The molecule has 0 bridgehead atoms. The summed E-state index contributed by atoms with van der Waals surface area (Å²) >= 11 is 5.25. The van der Waals surface area contributed by atoms with E-state index < -0.39 is 0 Å². The van der Waals surface area contributed by atoms with Crippen LogP contribution in [0.15, 0.2) is 71.1 Å². The van der Waals surface area contributed by atoms with E-state index in [9.17, 15) is 4.79 Å². The average Bonchev–Trinajstić information content (AvgIpc) is 3.26. The number of rotatable bonds is 7. The molecule has 7 heteroatoms. The largest absolute Gasteiger partial charge is 0.484 e. The number of aryl methyl sites for hydroxylation is 1. The number of nitrogens with zero attached hydrogens (tertiary/aromatic N) is 1. The number of carbonyl (C=O) groups is 1. The second kappa shape index (κ2) is 10.5. The van der Waals surface area contributed by atoms with Crippen molar-refractivity contribution in [2.45, 2.75) is 33.1 Å². The summed E-state index contributed by atoms with van der Waals surface area (Å²) in [5.41, 5.74) is 5.53. The van der Waals surface area contributed by atoms with E-state index in [1.165, 1.54) is 5.56 Å². The maximum Gasteiger partial charge on any atom is 0.264 e. The van der Waals surface area contributed by atoms with E-state index in [0.29, 0.717) is 17.6 Å². The van der Waals surface area contributed by atoms with Crippen molar-refractivity contribution in [3.8, 4) is 17.2 Å². The van der Waals surface area contributed by atoms with Gasteiger partial charge in [-0.05, 0) is 91.1 Å². The van der Waals surface area contributed by atoms with E-state index in [1.54, 1.807) is 6.07 Å². The van der Waals surface area contributed by atoms with Crippen LogP contribution >= 0.6 is 12.2 Å². The predicted octanol–water partition coefficient (Wildman–Crippen LogP) is 6.21. The highest BCUT2D eigenvalue weighted by molar-refractivity contribution is 7.80. The Morgan fingerprint density at radius 2 is 1.91 bits per heavy atom. The Bertz CT molecular complexity index is 1310. The molecule has 1 aromatic heterocycles. The molecule has 34 heavy (non-hydrogen) atoms. The molecule has 0 saturated heterocycles. The molecule has 4 aromatic rings. The van der Waals surface area contributed by atoms with Gasteiger partial charge in [0.05, 0.1) is 0 Å². The first-order chi connectivity index (χ1) is 16.4. The SMILES string of the molecule is CCC(C)c1ccc2oc(-c3ccc(NC(=S)NC(=O)COc4cccc(C)c4)cc3)nc2c1. The first-order valence-electron chi connectivity index (χ1n) is 11.2. The van der Waals surface area contributed by atoms with Crippen LogP contribution in [0, 0.1) is 6.92 Å². The van der Waals surface area contributed by atoms with E-state index in [-0.39, 0.29) is 17.6 Å². The van der Waals surface area contributed by atoms with Gasteiger partial charge in [-0.1, -0.05) is 32.0 Å². The summed E-state index contributed by atoms with van der Waals surface area (Å²) in [6.07, 6.45) is 1.08. The zero-order chi connectivity index (χ0) is 24.1. The van der Waals surface area contributed by atoms with Crippen molar-refractivity contribution in [1.82, 2.24) is 10.3 Å². The molecule has 1 amide bonds. The monoisotopic (exact) mass is 473 g/mol. The molecule has 2 N–H and O–H groups in total. The molecule has 0 fully saturated rings. The quantitative estimate of drug-likeness (QED) is 0.311. The van der Waals surface area contributed by atoms with Gasteiger partial charge >= 0.3 is 0 Å². The number of fused-ring (bicyclic) bond motifs is 1. The van der Waals surface area contributed by atoms with Crippen LogP contribution in [0.3, 0.4) is 0 Å². The second-order valence-electron chi connectivity index (χ2n) is 8.24. The number of thiocarbonyl (C=S) groups is 1. The molecule has 3 aromatic carbocycles. The average molecular weight is 474 g/mol. The minimum absolute atomic E-state index is 0.124. The molecular formula is C27H27N3O3S. The molecule has 174 valence electrons. The topological polar surface area (TPSA) is 76.4 Å². The Balaban J connectivity index is 1.34. The molecule has 1 heterocycles. The van der Waals surface area contributed by atoms with Crippen molar-refractivity contribution >= 4 is 40.0 Å². The highest BCUT2D eigenvalue weighted by Crippen LogP contribution is 2.28. The Morgan fingerprint density at radius 1 is 1.12 bits per heavy atom. The summed E-state index contributed by atoms with van der Waals surface area (Å²) in [7, 11) is 0. The molecule has 0 radical (unpaired) electrons. The normalized spacial score (nSPS) is 11.7. The van der Waals surface area contributed by atoms with E-state index in [4.69, 9.17) is 21.4 Å². The predicted molar refractivity (Wildman–Crippen MR) is 139 cm³/mol. The molecule has 0 aliphatic carbocycles. The smallest absolute Gasteiger partial charge is 0.264 e. The molecule has 0 spiro atoms. The lowest BCUT2D eigenvalue weighted by Crippen LogP contribution is -2.37. The number of benzene rings is 3. The summed E-state index contributed by atoms with van der Waals surface area (Å²) in [4.78, 5) is 16.8. The molecule has 0 aliphatic heterocycles. The molecule has 6 nitrogen and oxygen atoms in total. The number of hydrogen-bond donors (Lipinski definition) is 2. The van der Waals surface area contributed by atoms with Crippen molar-refractivity contribution in [2.24, 2.45) is 0 Å². The lowest BCUT2D eigenvalue weighted by atomic mass is 9.98. The van der Waals surface area contributed by atoms with Crippen molar-refractivity contribution in [3.05, 3.63) is 77.9 Å². The van der Waals surface area contributed by atoms with E-state index in [1.807, 2.05) is 55.5 Å². The van der Waals surface area contributed by atoms with Crippen LogP contribution in [-0.2, 0) is 4.79 Å². The maximum atomic E-state index is 12.1. The Hall–Kier alpha value is -3.71. The summed E-state index contributed by atoms with van der Waals surface area (Å²) < 4.78 is 11.4. The Kier molecular flexibility index (Phi) is 7.23. The maximum absolute atomic E-state index is 12.1. The van der Waals surface area contributed by atoms with Gasteiger partial charge in [0.2, 0.25) is 5.89 Å². The summed E-state index contributed by atoms with van der Waals surface area (Å²) in [6.45, 7) is 6.22. The second-order valence-corrected chi connectivity index (χ2v) is 8.65. The summed E-state index contributed by atoms with van der Waals surface area (Å²) in [5.74, 6) is 1.35. The third-order valence-corrected chi connectivity index (χ3v) is 5.80. The van der Waals surface area contributed by atoms with Gasteiger partial charge in [-0.15, -0.1) is 0 Å². The number of anilines is 1. The molecule has 1 atom stereocenters. The number of nitrogens with one attached hydrogen (secondary N) is 2. The summed E-state index contributed by atoms with van der Waals surface area (Å²) in [5, 5.41) is 5.83. The molecule has 1 unspecified atom stereocenters. The fourth-order valence-electron chi connectivity index (χ4n) is 3.49. The molecule has 0 aliphatic rings. The van der Waals surface area contributed by atoms with Crippen LogP contribution in [0.5, 0.6) is 5.75 Å². The number of aromatic nitrogens is 1. The Labute approximate surface area is 204 Å². The van der Waals surface area contributed by atoms with Gasteiger partial charge in [0.25, 0.3) is 5.91 Å². The zero-order valence-electron chi connectivity index (χ0n) is 19.4. The lowest BCUT2D eigenvalue weighted by molar-refractivity contribution is -0.121. The van der Waals surface area contributed by atoms with E-state index >= 15 is 0 Å². The zero-order valence-corrected chi connectivity index (χ0v) is 20.2. The number of hydrogen-bond acceptors (Lipinski definition) is 5. The number of carbonyl (C=O) groups excluding carboxylic acids is 1. The highest BCUT2D eigenvalue weighted by Gasteiger charge is 2.12. The minimum atomic E-state index is -0.334.